The first-order valence-electron chi connectivity index (χ1n) is 9.22. The van der Waals surface area contributed by atoms with Crippen LogP contribution >= 0.6 is 11.6 Å². The summed E-state index contributed by atoms with van der Waals surface area (Å²) >= 11 is 6.34. The average Bonchev–Trinajstić information content (AvgIpc) is 2.68. The third kappa shape index (κ3) is 3.12. The van der Waals surface area contributed by atoms with Crippen molar-refractivity contribution in [2.24, 2.45) is 5.92 Å². The van der Waals surface area contributed by atoms with Crippen molar-refractivity contribution in [1.82, 2.24) is 0 Å². The molecule has 1 heterocycles. The van der Waals surface area contributed by atoms with Crippen molar-refractivity contribution in [2.75, 3.05) is 0 Å². The Labute approximate surface area is 168 Å². The predicted molar refractivity (Wildman–Crippen MR) is 107 cm³/mol. The van der Waals surface area contributed by atoms with Crippen LogP contribution in [0, 0.1) is 29.6 Å². The highest BCUT2D eigenvalue weighted by molar-refractivity contribution is 6.31. The molecule has 3 unspecified atom stereocenters. The first-order valence-corrected chi connectivity index (χ1v) is 9.60. The monoisotopic (exact) mass is 390 g/mol. The zero-order valence-electron chi connectivity index (χ0n) is 15.4. The summed E-state index contributed by atoms with van der Waals surface area (Å²) in [7, 11) is 0. The number of rotatable bonds is 2. The summed E-state index contributed by atoms with van der Waals surface area (Å²) in [4.78, 5) is 13.2. The summed E-state index contributed by atoms with van der Waals surface area (Å²) in [5.41, 5.74) is 3.41. The largest absolute Gasteiger partial charge is 0.446 e. The van der Waals surface area contributed by atoms with E-state index in [1.165, 1.54) is 0 Å². The van der Waals surface area contributed by atoms with Gasteiger partial charge in [0.25, 0.3) is 0 Å². The maximum atomic E-state index is 13.2. The molecule has 4 rings (SSSR count). The first kappa shape index (κ1) is 18.5. The van der Waals surface area contributed by atoms with Crippen molar-refractivity contribution < 1.29 is 9.53 Å². The van der Waals surface area contributed by atoms with Gasteiger partial charge in [0.15, 0.2) is 5.78 Å². The molecule has 1 aliphatic carbocycles. The zero-order chi connectivity index (χ0) is 19.8. The molecule has 0 radical (unpaired) electrons. The molecule has 140 valence electrons. The summed E-state index contributed by atoms with van der Waals surface area (Å²) in [6, 6.07) is 17.5. The molecule has 1 N–H and O–H groups in total. The van der Waals surface area contributed by atoms with Crippen LogP contribution in [0.4, 0.5) is 0 Å². The molecule has 0 spiro atoms. The third-order valence-electron chi connectivity index (χ3n) is 5.54. The molecule has 0 aromatic heterocycles. The van der Waals surface area contributed by atoms with Crippen LogP contribution in [-0.2, 0) is 9.53 Å². The van der Waals surface area contributed by atoms with Crippen LogP contribution in [-0.4, -0.2) is 11.7 Å². The highest BCUT2D eigenvalue weighted by Gasteiger charge is 2.44. The number of allylic oxidation sites excluding steroid dienone is 2. The van der Waals surface area contributed by atoms with Crippen molar-refractivity contribution in [1.29, 1.82) is 10.7 Å². The Morgan fingerprint density at radius 3 is 2.54 bits per heavy atom. The van der Waals surface area contributed by atoms with E-state index in [0.29, 0.717) is 29.2 Å². The Morgan fingerprint density at radius 2 is 1.86 bits per heavy atom. The Morgan fingerprint density at radius 1 is 1.14 bits per heavy atom. The van der Waals surface area contributed by atoms with E-state index in [1.54, 1.807) is 0 Å². The predicted octanol–water partition coefficient (Wildman–Crippen LogP) is 5.28. The number of halogens is 1. The molecule has 2 aromatic carbocycles. The second-order valence-corrected chi connectivity index (χ2v) is 7.76. The zero-order valence-corrected chi connectivity index (χ0v) is 16.2. The molecular formula is C23H19ClN2O2. The number of nitrogens with one attached hydrogen (secondary N) is 1. The second-order valence-electron chi connectivity index (χ2n) is 7.35. The fourth-order valence-electron chi connectivity index (χ4n) is 4.15. The summed E-state index contributed by atoms with van der Waals surface area (Å²) in [6.45, 7) is 1.99. The molecule has 0 amide bonds. The summed E-state index contributed by atoms with van der Waals surface area (Å²) in [5.74, 6) is -0.999. The summed E-state index contributed by atoms with van der Waals surface area (Å²) in [6.07, 6.45) is 0.813. The van der Waals surface area contributed by atoms with Crippen molar-refractivity contribution in [3.8, 4) is 6.07 Å². The number of benzene rings is 2. The summed E-state index contributed by atoms with van der Waals surface area (Å²) < 4.78 is 5.71. The molecule has 0 saturated heterocycles. The Bertz CT molecular complexity index is 1030. The number of carbonyl (C=O) groups is 1. The maximum absolute atomic E-state index is 13.2. The maximum Gasteiger partial charge on any atom is 0.205 e. The van der Waals surface area contributed by atoms with Crippen molar-refractivity contribution in [3.63, 3.8) is 0 Å². The van der Waals surface area contributed by atoms with Crippen LogP contribution in [0.1, 0.15) is 41.4 Å². The van der Waals surface area contributed by atoms with E-state index in [2.05, 4.69) is 6.07 Å². The van der Waals surface area contributed by atoms with E-state index in [4.69, 9.17) is 21.7 Å². The Kier molecular flexibility index (Phi) is 4.78. The van der Waals surface area contributed by atoms with Gasteiger partial charge in [-0.2, -0.15) is 5.26 Å². The molecule has 3 atom stereocenters. The van der Waals surface area contributed by atoms with Gasteiger partial charge in [-0.1, -0.05) is 59.6 Å². The van der Waals surface area contributed by atoms with E-state index in [9.17, 15) is 10.1 Å². The highest BCUT2D eigenvalue weighted by atomic mass is 35.5. The van der Waals surface area contributed by atoms with Crippen LogP contribution in [0.15, 0.2) is 59.9 Å². The van der Waals surface area contributed by atoms with Crippen LogP contribution in [0.25, 0.3) is 0 Å². The lowest BCUT2D eigenvalue weighted by Gasteiger charge is -2.36. The number of carbonyl (C=O) groups excluding carboxylic acids is 1. The molecule has 28 heavy (non-hydrogen) atoms. The topological polar surface area (TPSA) is 73.9 Å². The van der Waals surface area contributed by atoms with Crippen LogP contribution in [0.3, 0.4) is 0 Å². The number of hydrogen-bond donors (Lipinski definition) is 1. The minimum Gasteiger partial charge on any atom is -0.446 e. The minimum atomic E-state index is -0.803. The molecular weight excluding hydrogens is 372 g/mol. The lowest BCUT2D eigenvalue weighted by Crippen LogP contribution is -2.36. The minimum absolute atomic E-state index is 0.0375. The summed E-state index contributed by atoms with van der Waals surface area (Å²) in [5, 5.41) is 18.5. The number of ether oxygens (including phenoxy) is 1. The standard InChI is InChI=1S/C23H19ClN2O2/c1-13-6-8-14(9-7-13)21-17(12-25)23(26)28-20-11-15(10-19(27)22(20)21)16-4-2-3-5-18(16)24/h2-9,15,17,21,26H,10-11H2,1H3. The van der Waals surface area contributed by atoms with Gasteiger partial charge in [-0.15, -0.1) is 0 Å². The average molecular weight is 391 g/mol. The molecule has 0 saturated carbocycles. The molecule has 0 fully saturated rings. The van der Waals surface area contributed by atoms with Crippen molar-refractivity contribution >= 4 is 23.3 Å². The van der Waals surface area contributed by atoms with Gasteiger partial charge in [0.1, 0.15) is 11.7 Å². The molecule has 2 aromatic rings. The van der Waals surface area contributed by atoms with Gasteiger partial charge in [-0.05, 0) is 30.0 Å². The van der Waals surface area contributed by atoms with Crippen LogP contribution in [0.5, 0.6) is 0 Å². The number of Topliss-reactive ketones (excluding diaryl/α,β-unsaturated/α-hetero) is 1. The SMILES string of the molecule is Cc1ccc(C2C3=C(CC(c4ccccc4Cl)CC3=O)OC(=N)C2C#N)cc1. The van der Waals surface area contributed by atoms with Gasteiger partial charge < -0.3 is 4.74 Å². The molecule has 0 bridgehead atoms. The van der Waals surface area contributed by atoms with Crippen LogP contribution < -0.4 is 0 Å². The van der Waals surface area contributed by atoms with Gasteiger partial charge in [0.2, 0.25) is 5.90 Å². The fraction of sp³-hybridized carbons (Fsp3) is 0.261. The number of aryl methyl sites for hydroxylation is 1. The lowest BCUT2D eigenvalue weighted by atomic mass is 9.71. The van der Waals surface area contributed by atoms with Crippen molar-refractivity contribution in [2.45, 2.75) is 31.6 Å². The van der Waals surface area contributed by atoms with E-state index >= 15 is 0 Å². The molecule has 4 nitrogen and oxygen atoms in total. The third-order valence-corrected chi connectivity index (χ3v) is 5.89. The second kappa shape index (κ2) is 7.26. The van der Waals surface area contributed by atoms with Gasteiger partial charge in [-0.25, -0.2) is 0 Å². The number of nitriles is 1. The Hall–Kier alpha value is -2.90. The van der Waals surface area contributed by atoms with E-state index < -0.39 is 11.8 Å². The molecule has 5 heteroatoms. The Balaban J connectivity index is 1.79. The van der Waals surface area contributed by atoms with E-state index in [0.717, 1.165) is 16.7 Å². The fourth-order valence-corrected chi connectivity index (χ4v) is 4.44. The van der Waals surface area contributed by atoms with Crippen molar-refractivity contribution in [3.05, 3.63) is 81.6 Å². The quantitative estimate of drug-likeness (QED) is 0.757. The van der Waals surface area contributed by atoms with E-state index in [1.807, 2.05) is 55.5 Å². The lowest BCUT2D eigenvalue weighted by molar-refractivity contribution is -0.117. The van der Waals surface area contributed by atoms with Gasteiger partial charge in [0, 0.05) is 29.4 Å². The molecule has 2 aliphatic rings. The van der Waals surface area contributed by atoms with Crippen LogP contribution in [0.2, 0.25) is 5.02 Å². The first-order chi connectivity index (χ1) is 13.5. The number of nitrogens with zero attached hydrogens (tertiary/aromatic N) is 1. The smallest absolute Gasteiger partial charge is 0.205 e. The number of hydrogen-bond acceptors (Lipinski definition) is 4. The number of ketones is 1. The van der Waals surface area contributed by atoms with Gasteiger partial charge in [-0.3, -0.25) is 10.2 Å². The van der Waals surface area contributed by atoms with Gasteiger partial charge >= 0.3 is 0 Å². The van der Waals surface area contributed by atoms with E-state index in [-0.39, 0.29) is 17.6 Å². The van der Waals surface area contributed by atoms with Gasteiger partial charge in [0.05, 0.1) is 6.07 Å². The molecule has 1 aliphatic heterocycles. The normalized spacial score (nSPS) is 24.4. The highest BCUT2D eigenvalue weighted by Crippen LogP contribution is 2.47.